The number of rotatable bonds is 3. The molecule has 1 aliphatic carbocycles. The third-order valence-electron chi connectivity index (χ3n) is 7.22. The van der Waals surface area contributed by atoms with Gasteiger partial charge in [0, 0.05) is 25.0 Å². The summed E-state index contributed by atoms with van der Waals surface area (Å²) in [5, 5.41) is 3.17. The molecule has 0 spiro atoms. The molecule has 2 aromatic rings. The van der Waals surface area contributed by atoms with E-state index in [4.69, 9.17) is 0 Å². The lowest BCUT2D eigenvalue weighted by Crippen LogP contribution is -2.68. The van der Waals surface area contributed by atoms with E-state index in [1.54, 1.807) is 4.90 Å². The molecule has 2 atom stereocenters. The van der Waals surface area contributed by atoms with Crippen LogP contribution in [0.25, 0.3) is 11.1 Å². The van der Waals surface area contributed by atoms with Gasteiger partial charge in [0.2, 0.25) is 5.91 Å². The van der Waals surface area contributed by atoms with Gasteiger partial charge in [-0.05, 0) is 36.5 Å². The zero-order valence-electron chi connectivity index (χ0n) is 18.2. The molecule has 31 heavy (non-hydrogen) atoms. The summed E-state index contributed by atoms with van der Waals surface area (Å²) in [6, 6.07) is 17.5. The maximum absolute atomic E-state index is 12.8. The highest BCUT2D eigenvalue weighted by Crippen LogP contribution is 2.37. The molecular formula is C26H31N3O2. The molecule has 2 saturated heterocycles. The Morgan fingerprint density at radius 3 is 2.48 bits per heavy atom. The first kappa shape index (κ1) is 20.1. The second-order valence-corrected chi connectivity index (χ2v) is 9.38. The average molecular weight is 418 g/mol. The average Bonchev–Trinajstić information content (AvgIpc) is 2.76. The maximum atomic E-state index is 12.8. The molecule has 0 radical (unpaired) electrons. The summed E-state index contributed by atoms with van der Waals surface area (Å²) < 4.78 is 0. The van der Waals surface area contributed by atoms with Crippen LogP contribution in [0.4, 0.5) is 4.79 Å². The zero-order valence-corrected chi connectivity index (χ0v) is 18.2. The molecule has 0 aromatic heterocycles. The molecule has 3 fully saturated rings. The number of benzene rings is 2. The molecule has 2 heterocycles. The van der Waals surface area contributed by atoms with Crippen LogP contribution in [0.15, 0.2) is 48.5 Å². The first-order valence-electron chi connectivity index (χ1n) is 11.6. The molecule has 0 bridgehead atoms. The van der Waals surface area contributed by atoms with E-state index < -0.39 is 0 Å². The fourth-order valence-electron chi connectivity index (χ4n) is 5.35. The molecule has 1 saturated carbocycles. The molecule has 5 rings (SSSR count). The van der Waals surface area contributed by atoms with Crippen LogP contribution in [0, 0.1) is 6.92 Å². The van der Waals surface area contributed by atoms with Crippen LogP contribution in [0.1, 0.15) is 49.1 Å². The predicted molar refractivity (Wildman–Crippen MR) is 122 cm³/mol. The van der Waals surface area contributed by atoms with Crippen molar-refractivity contribution in [2.45, 2.75) is 57.0 Å². The highest BCUT2D eigenvalue weighted by molar-refractivity contribution is 5.86. The fraction of sp³-hybridized carbons (Fsp3) is 0.462. The lowest BCUT2D eigenvalue weighted by molar-refractivity contribution is -0.147. The molecule has 0 unspecified atom stereocenters. The third kappa shape index (κ3) is 4.06. The van der Waals surface area contributed by atoms with Crippen molar-refractivity contribution in [3.05, 3.63) is 59.7 Å². The first-order chi connectivity index (χ1) is 15.1. The van der Waals surface area contributed by atoms with Crippen molar-refractivity contribution in [3.8, 4) is 11.1 Å². The molecule has 3 aliphatic rings. The van der Waals surface area contributed by atoms with Crippen LogP contribution in [0.2, 0.25) is 0 Å². The second kappa shape index (κ2) is 8.37. The van der Waals surface area contributed by atoms with Crippen LogP contribution in [0.5, 0.6) is 0 Å². The molecule has 2 aliphatic heterocycles. The Kier molecular flexibility index (Phi) is 5.43. The van der Waals surface area contributed by atoms with Gasteiger partial charge < -0.3 is 15.1 Å². The van der Waals surface area contributed by atoms with Gasteiger partial charge in [-0.1, -0.05) is 73.4 Å². The van der Waals surface area contributed by atoms with Gasteiger partial charge in [-0.15, -0.1) is 0 Å². The van der Waals surface area contributed by atoms with Gasteiger partial charge in [-0.25, -0.2) is 4.79 Å². The highest BCUT2D eigenvalue weighted by atomic mass is 16.2. The number of carbonyl (C=O) groups excluding carboxylic acids is 2. The van der Waals surface area contributed by atoms with Crippen molar-refractivity contribution in [2.24, 2.45) is 0 Å². The molecule has 162 valence electrons. The summed E-state index contributed by atoms with van der Waals surface area (Å²) in [4.78, 5) is 29.1. The molecule has 3 amide bonds. The number of hydrogen-bond acceptors (Lipinski definition) is 2. The summed E-state index contributed by atoms with van der Waals surface area (Å²) in [6.45, 7) is 3.69. The van der Waals surface area contributed by atoms with E-state index in [0.29, 0.717) is 12.5 Å². The summed E-state index contributed by atoms with van der Waals surface area (Å²) >= 11 is 0. The van der Waals surface area contributed by atoms with Crippen LogP contribution in [-0.4, -0.2) is 53.5 Å². The molecule has 5 heteroatoms. The monoisotopic (exact) mass is 417 g/mol. The van der Waals surface area contributed by atoms with Crippen molar-refractivity contribution in [1.82, 2.24) is 15.1 Å². The minimum Gasteiger partial charge on any atom is -0.335 e. The number of piperazine rings is 1. The van der Waals surface area contributed by atoms with Gasteiger partial charge >= 0.3 is 6.03 Å². The van der Waals surface area contributed by atoms with Gasteiger partial charge in [-0.3, -0.25) is 4.79 Å². The second-order valence-electron chi connectivity index (χ2n) is 9.38. The fourth-order valence-corrected chi connectivity index (χ4v) is 5.35. The predicted octanol–water partition coefficient (Wildman–Crippen LogP) is 4.31. The van der Waals surface area contributed by atoms with Crippen LogP contribution in [-0.2, 0) is 4.79 Å². The SMILES string of the molecule is Cc1cccc(-c2ccc([C@H]3CN4C(=O)CN(C(=O)NC5CCCCC5)C[C@@H]34)cc2)c1. The Balaban J connectivity index is 1.26. The summed E-state index contributed by atoms with van der Waals surface area (Å²) in [5.74, 6) is 0.364. The van der Waals surface area contributed by atoms with Crippen molar-refractivity contribution >= 4 is 11.9 Å². The van der Waals surface area contributed by atoms with Crippen LogP contribution < -0.4 is 5.32 Å². The molecule has 2 aromatic carbocycles. The minimum atomic E-state index is -0.0691. The van der Waals surface area contributed by atoms with E-state index in [-0.39, 0.29) is 30.6 Å². The van der Waals surface area contributed by atoms with E-state index >= 15 is 0 Å². The van der Waals surface area contributed by atoms with E-state index in [0.717, 1.165) is 19.4 Å². The number of aryl methyl sites for hydroxylation is 1. The molecule has 1 N–H and O–H groups in total. The number of amides is 3. The van der Waals surface area contributed by atoms with Crippen molar-refractivity contribution in [3.63, 3.8) is 0 Å². The Labute approximate surface area is 184 Å². The normalized spacial score (nSPS) is 23.8. The van der Waals surface area contributed by atoms with Crippen molar-refractivity contribution in [1.29, 1.82) is 0 Å². The summed E-state index contributed by atoms with van der Waals surface area (Å²) in [6.07, 6.45) is 5.73. The lowest BCUT2D eigenvalue weighted by atomic mass is 9.80. The van der Waals surface area contributed by atoms with E-state index in [2.05, 4.69) is 60.8 Å². The maximum Gasteiger partial charge on any atom is 0.318 e. The highest BCUT2D eigenvalue weighted by Gasteiger charge is 2.47. The minimum absolute atomic E-state index is 0.0691. The molecule has 5 nitrogen and oxygen atoms in total. The van der Waals surface area contributed by atoms with Crippen molar-refractivity contribution < 1.29 is 9.59 Å². The number of hydrogen-bond donors (Lipinski definition) is 1. The van der Waals surface area contributed by atoms with Crippen LogP contribution >= 0.6 is 0 Å². The number of nitrogens with one attached hydrogen (secondary N) is 1. The lowest BCUT2D eigenvalue weighted by Gasteiger charge is -2.53. The van der Waals surface area contributed by atoms with Gasteiger partial charge in [-0.2, -0.15) is 0 Å². The zero-order chi connectivity index (χ0) is 21.4. The summed E-state index contributed by atoms with van der Waals surface area (Å²) in [7, 11) is 0. The molecular weight excluding hydrogens is 386 g/mol. The largest absolute Gasteiger partial charge is 0.335 e. The Bertz CT molecular complexity index is 965. The summed E-state index contributed by atoms with van der Waals surface area (Å²) in [5.41, 5.74) is 4.93. The topological polar surface area (TPSA) is 52.7 Å². The standard InChI is InChI=1S/C26H31N3O2/c1-18-6-5-7-21(14-18)19-10-12-20(13-11-19)23-15-29-24(23)16-28(17-25(29)30)26(31)27-22-8-3-2-4-9-22/h5-7,10-14,22-24H,2-4,8-9,15-17H2,1H3,(H,27,31)/t23-,24+/m1/s1. The van der Waals surface area contributed by atoms with Crippen molar-refractivity contribution in [2.75, 3.05) is 19.6 Å². The van der Waals surface area contributed by atoms with Gasteiger partial charge in [0.1, 0.15) is 6.54 Å². The quantitative estimate of drug-likeness (QED) is 0.809. The Morgan fingerprint density at radius 1 is 0.968 bits per heavy atom. The number of urea groups is 1. The van der Waals surface area contributed by atoms with Gasteiger partial charge in [0.05, 0.1) is 6.04 Å². The van der Waals surface area contributed by atoms with Crippen LogP contribution in [0.3, 0.4) is 0 Å². The third-order valence-corrected chi connectivity index (χ3v) is 7.22. The number of nitrogens with zero attached hydrogens (tertiary/aromatic N) is 2. The number of carbonyl (C=O) groups is 2. The Morgan fingerprint density at radius 2 is 1.74 bits per heavy atom. The van der Waals surface area contributed by atoms with Gasteiger partial charge in [0.15, 0.2) is 0 Å². The van der Waals surface area contributed by atoms with E-state index in [1.165, 1.54) is 41.5 Å². The Hall–Kier alpha value is -2.82. The van der Waals surface area contributed by atoms with E-state index in [1.807, 2.05) is 4.90 Å². The smallest absolute Gasteiger partial charge is 0.318 e. The first-order valence-corrected chi connectivity index (χ1v) is 11.6. The number of fused-ring (bicyclic) bond motifs is 1. The van der Waals surface area contributed by atoms with E-state index in [9.17, 15) is 9.59 Å². The van der Waals surface area contributed by atoms with Gasteiger partial charge in [0.25, 0.3) is 0 Å².